The van der Waals surface area contributed by atoms with Gasteiger partial charge in [0.15, 0.2) is 5.96 Å². The number of nitrogens with zero attached hydrogens (tertiary/aromatic N) is 2. The average Bonchev–Trinajstić information content (AvgIpc) is 2.95. The maximum absolute atomic E-state index is 11.5. The number of nitrogens with one attached hydrogen (secondary N) is 2. The monoisotopic (exact) mass is 424 g/mol. The Labute approximate surface area is 148 Å². The van der Waals surface area contributed by atoms with Gasteiger partial charge < -0.3 is 15.5 Å². The number of likely N-dealkylation sites (N-methyl/N-ethyl adjacent to an activating group) is 1. The molecule has 0 radical (unpaired) electrons. The van der Waals surface area contributed by atoms with Crippen molar-refractivity contribution in [3.05, 3.63) is 22.4 Å². The lowest BCUT2D eigenvalue weighted by molar-refractivity contribution is -0.127. The molecule has 1 unspecified atom stereocenters. The van der Waals surface area contributed by atoms with Crippen LogP contribution < -0.4 is 10.6 Å². The van der Waals surface area contributed by atoms with Crippen molar-refractivity contribution in [2.45, 2.75) is 19.8 Å². The largest absolute Gasteiger partial charge is 0.357 e. The average molecular weight is 424 g/mol. The van der Waals surface area contributed by atoms with Crippen LogP contribution in [0.2, 0.25) is 0 Å². The Hall–Kier alpha value is -0.830. The Morgan fingerprint density at radius 2 is 2.14 bits per heavy atom. The van der Waals surface area contributed by atoms with E-state index in [9.17, 15) is 4.79 Å². The first kappa shape index (κ1) is 20.2. The molecular weight excluding hydrogens is 399 g/mol. The van der Waals surface area contributed by atoms with Gasteiger partial charge in [-0.1, -0.05) is 6.92 Å². The SMILES string of the molecule is CCNC(=NCC(=O)N(C)C)NCC(C)c1ccsc1.I. The third-order valence-corrected chi connectivity index (χ3v) is 3.60. The molecule has 21 heavy (non-hydrogen) atoms. The minimum Gasteiger partial charge on any atom is -0.357 e. The second-order valence-electron chi connectivity index (χ2n) is 4.82. The first-order chi connectivity index (χ1) is 9.54. The van der Waals surface area contributed by atoms with Gasteiger partial charge >= 0.3 is 0 Å². The zero-order chi connectivity index (χ0) is 15.0. The Morgan fingerprint density at radius 3 is 2.67 bits per heavy atom. The van der Waals surface area contributed by atoms with E-state index >= 15 is 0 Å². The van der Waals surface area contributed by atoms with Gasteiger partial charge in [0.25, 0.3) is 0 Å². The summed E-state index contributed by atoms with van der Waals surface area (Å²) in [5, 5.41) is 10.7. The minimum absolute atomic E-state index is 0. The van der Waals surface area contributed by atoms with Crippen LogP contribution in [0.3, 0.4) is 0 Å². The molecule has 1 atom stereocenters. The Bertz CT molecular complexity index is 434. The molecule has 120 valence electrons. The topological polar surface area (TPSA) is 56.7 Å². The highest BCUT2D eigenvalue weighted by Crippen LogP contribution is 2.16. The predicted octanol–water partition coefficient (Wildman–Crippen LogP) is 2.11. The molecule has 0 aromatic carbocycles. The molecule has 0 saturated carbocycles. The van der Waals surface area contributed by atoms with Crippen LogP contribution in [0.5, 0.6) is 0 Å². The van der Waals surface area contributed by atoms with Gasteiger partial charge in [-0.15, -0.1) is 24.0 Å². The number of carbonyl (C=O) groups excluding carboxylic acids is 1. The van der Waals surface area contributed by atoms with Crippen molar-refractivity contribution in [2.24, 2.45) is 4.99 Å². The molecule has 2 N–H and O–H groups in total. The second kappa shape index (κ2) is 10.8. The molecule has 1 amide bonds. The van der Waals surface area contributed by atoms with Crippen LogP contribution >= 0.6 is 35.3 Å². The van der Waals surface area contributed by atoms with Gasteiger partial charge in [0.05, 0.1) is 0 Å². The summed E-state index contributed by atoms with van der Waals surface area (Å²) < 4.78 is 0. The van der Waals surface area contributed by atoms with E-state index in [1.807, 2.05) is 6.92 Å². The Balaban J connectivity index is 0.00000400. The van der Waals surface area contributed by atoms with Crippen LogP contribution in [-0.2, 0) is 4.79 Å². The number of rotatable bonds is 6. The van der Waals surface area contributed by atoms with Gasteiger partial charge in [-0.2, -0.15) is 11.3 Å². The number of guanidine groups is 1. The number of carbonyl (C=O) groups is 1. The zero-order valence-electron chi connectivity index (χ0n) is 13.0. The van der Waals surface area contributed by atoms with Crippen molar-refractivity contribution in [3.8, 4) is 0 Å². The fourth-order valence-corrected chi connectivity index (χ4v) is 2.34. The molecule has 1 heterocycles. The first-order valence-corrected chi connectivity index (χ1v) is 7.73. The molecule has 0 fully saturated rings. The van der Waals surface area contributed by atoms with Crippen LogP contribution in [0.4, 0.5) is 0 Å². The van der Waals surface area contributed by atoms with E-state index in [0.29, 0.717) is 11.9 Å². The highest BCUT2D eigenvalue weighted by atomic mass is 127. The quantitative estimate of drug-likeness (QED) is 0.418. The van der Waals surface area contributed by atoms with E-state index in [1.165, 1.54) is 5.56 Å². The number of aliphatic imine (C=N–C) groups is 1. The molecule has 0 saturated heterocycles. The smallest absolute Gasteiger partial charge is 0.243 e. The molecular formula is C14H25IN4OS. The van der Waals surface area contributed by atoms with Crippen LogP contribution in [-0.4, -0.2) is 50.5 Å². The maximum Gasteiger partial charge on any atom is 0.243 e. The van der Waals surface area contributed by atoms with E-state index < -0.39 is 0 Å². The van der Waals surface area contributed by atoms with E-state index in [2.05, 4.69) is 39.4 Å². The summed E-state index contributed by atoms with van der Waals surface area (Å²) in [5.74, 6) is 1.09. The lowest BCUT2D eigenvalue weighted by atomic mass is 10.1. The summed E-state index contributed by atoms with van der Waals surface area (Å²) in [5.41, 5.74) is 1.32. The van der Waals surface area contributed by atoms with Gasteiger partial charge in [0, 0.05) is 27.2 Å². The third kappa shape index (κ3) is 7.66. The van der Waals surface area contributed by atoms with Crippen molar-refractivity contribution in [2.75, 3.05) is 33.7 Å². The van der Waals surface area contributed by atoms with Crippen LogP contribution in [0.1, 0.15) is 25.3 Å². The number of thiophene rings is 1. The van der Waals surface area contributed by atoms with E-state index in [1.54, 1.807) is 30.3 Å². The number of hydrogen-bond acceptors (Lipinski definition) is 3. The van der Waals surface area contributed by atoms with Crippen molar-refractivity contribution in [1.82, 2.24) is 15.5 Å². The van der Waals surface area contributed by atoms with Gasteiger partial charge in [-0.3, -0.25) is 4.79 Å². The first-order valence-electron chi connectivity index (χ1n) is 6.79. The summed E-state index contributed by atoms with van der Waals surface area (Å²) in [6.45, 7) is 5.90. The fourth-order valence-electron chi connectivity index (χ4n) is 1.55. The number of amides is 1. The molecule has 0 spiro atoms. The third-order valence-electron chi connectivity index (χ3n) is 2.90. The normalized spacial score (nSPS) is 12.3. The zero-order valence-corrected chi connectivity index (χ0v) is 16.2. The van der Waals surface area contributed by atoms with Gasteiger partial charge in [0.1, 0.15) is 6.54 Å². The molecule has 5 nitrogen and oxygen atoms in total. The maximum atomic E-state index is 11.5. The highest BCUT2D eigenvalue weighted by Gasteiger charge is 2.08. The number of halogens is 1. The van der Waals surface area contributed by atoms with Gasteiger partial charge in [-0.05, 0) is 35.2 Å². The van der Waals surface area contributed by atoms with Crippen LogP contribution in [0, 0.1) is 0 Å². The number of hydrogen-bond donors (Lipinski definition) is 2. The fraction of sp³-hybridized carbons (Fsp3) is 0.571. The van der Waals surface area contributed by atoms with Gasteiger partial charge in [0.2, 0.25) is 5.91 Å². The Morgan fingerprint density at radius 1 is 1.43 bits per heavy atom. The molecule has 0 bridgehead atoms. The Kier molecular flexibility index (Phi) is 10.4. The summed E-state index contributed by atoms with van der Waals surface area (Å²) in [7, 11) is 3.47. The van der Waals surface area contributed by atoms with Crippen molar-refractivity contribution < 1.29 is 4.79 Å². The molecule has 7 heteroatoms. The minimum atomic E-state index is -0.00640. The molecule has 1 rings (SSSR count). The van der Waals surface area contributed by atoms with Crippen LogP contribution in [0.25, 0.3) is 0 Å². The summed E-state index contributed by atoms with van der Waals surface area (Å²) in [4.78, 5) is 17.4. The van der Waals surface area contributed by atoms with E-state index in [-0.39, 0.29) is 36.4 Å². The summed E-state index contributed by atoms with van der Waals surface area (Å²) >= 11 is 1.71. The predicted molar refractivity (Wildman–Crippen MR) is 101 cm³/mol. The molecule has 1 aromatic rings. The molecule has 0 aliphatic heterocycles. The van der Waals surface area contributed by atoms with Crippen molar-refractivity contribution in [3.63, 3.8) is 0 Å². The summed E-state index contributed by atoms with van der Waals surface area (Å²) in [6, 6.07) is 2.14. The highest BCUT2D eigenvalue weighted by molar-refractivity contribution is 14.0. The van der Waals surface area contributed by atoms with Crippen LogP contribution in [0.15, 0.2) is 21.8 Å². The lowest BCUT2D eigenvalue weighted by Gasteiger charge is -2.15. The summed E-state index contributed by atoms with van der Waals surface area (Å²) in [6.07, 6.45) is 0. The molecule has 0 aliphatic carbocycles. The second-order valence-corrected chi connectivity index (χ2v) is 5.60. The van der Waals surface area contributed by atoms with Gasteiger partial charge in [-0.25, -0.2) is 4.99 Å². The van der Waals surface area contributed by atoms with Crippen molar-refractivity contribution >= 4 is 47.2 Å². The molecule has 0 aliphatic rings. The molecule has 1 aromatic heterocycles. The van der Waals surface area contributed by atoms with Crippen molar-refractivity contribution in [1.29, 1.82) is 0 Å². The standard InChI is InChI=1S/C14H24N4OS.HI/c1-5-15-14(17-9-13(19)18(3)4)16-8-11(2)12-6-7-20-10-12;/h6-7,10-11H,5,8-9H2,1-4H3,(H2,15,16,17);1H. The van der Waals surface area contributed by atoms with E-state index in [4.69, 9.17) is 0 Å². The lowest BCUT2D eigenvalue weighted by Crippen LogP contribution is -2.40. The van der Waals surface area contributed by atoms with E-state index in [0.717, 1.165) is 13.1 Å².